The van der Waals surface area contributed by atoms with Crippen molar-refractivity contribution in [1.29, 1.82) is 0 Å². The Bertz CT molecular complexity index is 166. The van der Waals surface area contributed by atoms with E-state index in [9.17, 15) is 0 Å². The Hall–Kier alpha value is -0.0800. The third-order valence-corrected chi connectivity index (χ3v) is 3.69. The molecule has 0 saturated heterocycles. The summed E-state index contributed by atoms with van der Waals surface area (Å²) in [5, 5.41) is 3.49. The van der Waals surface area contributed by atoms with Crippen molar-refractivity contribution < 1.29 is 0 Å². The van der Waals surface area contributed by atoms with E-state index < -0.39 is 0 Å². The molecule has 90 valence electrons. The van der Waals surface area contributed by atoms with Gasteiger partial charge in [-0.25, -0.2) is 0 Å². The molecule has 0 aromatic carbocycles. The van der Waals surface area contributed by atoms with Crippen LogP contribution in [0, 0.1) is 5.92 Å². The molecule has 1 saturated carbocycles. The first-order valence-electron chi connectivity index (χ1n) is 6.49. The van der Waals surface area contributed by atoms with E-state index in [1.54, 1.807) is 0 Å². The maximum Gasteiger partial charge on any atom is 0.00976 e. The van der Waals surface area contributed by atoms with Crippen LogP contribution < -0.4 is 11.1 Å². The van der Waals surface area contributed by atoms with Gasteiger partial charge >= 0.3 is 0 Å². The summed E-state index contributed by atoms with van der Waals surface area (Å²) in [6.07, 6.45) is 9.46. The molecule has 0 amide bonds. The molecule has 0 aromatic rings. The fraction of sp³-hybridized carbons (Fsp3) is 1.00. The van der Waals surface area contributed by atoms with Crippen LogP contribution in [0.5, 0.6) is 0 Å². The number of nitrogens with two attached hydrogens (primary N) is 1. The number of rotatable bonds is 5. The monoisotopic (exact) mass is 212 g/mol. The van der Waals surface area contributed by atoms with Crippen molar-refractivity contribution in [2.24, 2.45) is 11.7 Å². The highest BCUT2D eigenvalue weighted by Crippen LogP contribution is 2.28. The van der Waals surface area contributed by atoms with Crippen LogP contribution in [0.25, 0.3) is 0 Å². The van der Waals surface area contributed by atoms with Crippen LogP contribution in [0.1, 0.15) is 58.8 Å². The molecule has 1 aliphatic carbocycles. The molecular formula is C13H28N2. The lowest BCUT2D eigenvalue weighted by Crippen LogP contribution is -2.39. The Morgan fingerprint density at radius 1 is 1.27 bits per heavy atom. The molecule has 0 heterocycles. The van der Waals surface area contributed by atoms with Crippen LogP contribution in [-0.2, 0) is 0 Å². The topological polar surface area (TPSA) is 38.0 Å². The average molecular weight is 212 g/mol. The second-order valence-corrected chi connectivity index (χ2v) is 5.82. The van der Waals surface area contributed by atoms with Crippen molar-refractivity contribution in [2.45, 2.75) is 70.4 Å². The first-order chi connectivity index (χ1) is 7.03. The van der Waals surface area contributed by atoms with E-state index in [1.807, 2.05) is 0 Å². The lowest BCUT2D eigenvalue weighted by atomic mass is 9.81. The highest BCUT2D eigenvalue weighted by atomic mass is 14.9. The van der Waals surface area contributed by atoms with Crippen molar-refractivity contribution >= 4 is 0 Å². The van der Waals surface area contributed by atoms with E-state index in [0.717, 1.165) is 12.3 Å². The van der Waals surface area contributed by atoms with Crippen LogP contribution in [0.2, 0.25) is 0 Å². The fourth-order valence-corrected chi connectivity index (χ4v) is 2.68. The summed E-state index contributed by atoms with van der Waals surface area (Å²) < 4.78 is 0. The molecule has 1 atom stereocenters. The van der Waals surface area contributed by atoms with Gasteiger partial charge in [0.1, 0.15) is 0 Å². The summed E-state index contributed by atoms with van der Waals surface area (Å²) in [6, 6.07) is 0.688. The third kappa shape index (κ3) is 4.98. The predicted octanol–water partition coefficient (Wildman–Crippen LogP) is 2.67. The van der Waals surface area contributed by atoms with Crippen LogP contribution in [0.4, 0.5) is 0 Å². The van der Waals surface area contributed by atoms with Gasteiger partial charge in [0, 0.05) is 11.6 Å². The molecule has 0 aliphatic heterocycles. The molecule has 1 aliphatic rings. The van der Waals surface area contributed by atoms with Gasteiger partial charge < -0.3 is 11.1 Å². The zero-order valence-corrected chi connectivity index (χ0v) is 10.7. The van der Waals surface area contributed by atoms with Gasteiger partial charge in [-0.05, 0) is 52.5 Å². The number of hydrogen-bond acceptors (Lipinski definition) is 2. The molecule has 0 aromatic heterocycles. The normalized spacial score (nSPS) is 21.6. The molecule has 2 heteroatoms. The summed E-state index contributed by atoms with van der Waals surface area (Å²) in [4.78, 5) is 0. The summed E-state index contributed by atoms with van der Waals surface area (Å²) >= 11 is 0. The van der Waals surface area contributed by atoms with Gasteiger partial charge in [0.25, 0.3) is 0 Å². The summed E-state index contributed by atoms with van der Waals surface area (Å²) in [5.41, 5.74) is 6.03. The molecule has 1 rings (SSSR count). The maximum atomic E-state index is 6.04. The van der Waals surface area contributed by atoms with Gasteiger partial charge in [0.15, 0.2) is 0 Å². The maximum absolute atomic E-state index is 6.04. The Morgan fingerprint density at radius 3 is 2.33 bits per heavy atom. The summed E-state index contributed by atoms with van der Waals surface area (Å²) in [6.45, 7) is 4.25. The Labute approximate surface area is 95.0 Å². The smallest absolute Gasteiger partial charge is 0.00976 e. The standard InChI is InChI=1S/C13H28N2/c1-13(2,14)10-9-12(15-3)11-7-5-4-6-8-11/h11-12,15H,4-10,14H2,1-3H3. The lowest BCUT2D eigenvalue weighted by molar-refractivity contribution is 0.253. The molecule has 0 bridgehead atoms. The van der Waals surface area contributed by atoms with Gasteiger partial charge in [0.05, 0.1) is 0 Å². The molecule has 3 N–H and O–H groups in total. The quantitative estimate of drug-likeness (QED) is 0.735. The van der Waals surface area contributed by atoms with Crippen molar-refractivity contribution in [2.75, 3.05) is 7.05 Å². The summed E-state index contributed by atoms with van der Waals surface area (Å²) in [5.74, 6) is 0.895. The molecule has 15 heavy (non-hydrogen) atoms. The van der Waals surface area contributed by atoms with Crippen molar-refractivity contribution in [3.63, 3.8) is 0 Å². The average Bonchev–Trinajstić information content (AvgIpc) is 2.19. The van der Waals surface area contributed by atoms with Crippen LogP contribution in [0.3, 0.4) is 0 Å². The van der Waals surface area contributed by atoms with Gasteiger partial charge in [-0.1, -0.05) is 19.3 Å². The molecule has 2 nitrogen and oxygen atoms in total. The van der Waals surface area contributed by atoms with Gasteiger partial charge in [-0.15, -0.1) is 0 Å². The van der Waals surface area contributed by atoms with E-state index in [1.165, 1.54) is 38.5 Å². The highest BCUT2D eigenvalue weighted by Gasteiger charge is 2.23. The van der Waals surface area contributed by atoms with E-state index in [4.69, 9.17) is 5.73 Å². The Kier molecular flexibility index (Phi) is 5.07. The minimum atomic E-state index is -0.0102. The van der Waals surface area contributed by atoms with Crippen LogP contribution in [-0.4, -0.2) is 18.6 Å². The fourth-order valence-electron chi connectivity index (χ4n) is 2.68. The number of hydrogen-bond donors (Lipinski definition) is 2. The minimum Gasteiger partial charge on any atom is -0.326 e. The van der Waals surface area contributed by atoms with E-state index in [2.05, 4.69) is 26.2 Å². The number of nitrogens with one attached hydrogen (secondary N) is 1. The molecule has 0 radical (unpaired) electrons. The zero-order chi connectivity index (χ0) is 11.3. The lowest BCUT2D eigenvalue weighted by Gasteiger charge is -2.32. The second kappa shape index (κ2) is 5.86. The van der Waals surface area contributed by atoms with E-state index >= 15 is 0 Å². The molecule has 1 unspecified atom stereocenters. The third-order valence-electron chi connectivity index (χ3n) is 3.69. The van der Waals surface area contributed by atoms with E-state index in [0.29, 0.717) is 6.04 Å². The van der Waals surface area contributed by atoms with Crippen LogP contribution in [0.15, 0.2) is 0 Å². The molecule has 1 fully saturated rings. The van der Waals surface area contributed by atoms with Crippen molar-refractivity contribution in [3.05, 3.63) is 0 Å². The Balaban J connectivity index is 2.34. The second-order valence-electron chi connectivity index (χ2n) is 5.82. The van der Waals surface area contributed by atoms with Crippen LogP contribution >= 0.6 is 0 Å². The highest BCUT2D eigenvalue weighted by molar-refractivity contribution is 4.82. The Morgan fingerprint density at radius 2 is 1.87 bits per heavy atom. The first kappa shape index (κ1) is 13.0. The predicted molar refractivity (Wildman–Crippen MR) is 66.9 cm³/mol. The zero-order valence-electron chi connectivity index (χ0n) is 10.7. The van der Waals surface area contributed by atoms with Crippen molar-refractivity contribution in [1.82, 2.24) is 5.32 Å². The van der Waals surface area contributed by atoms with E-state index in [-0.39, 0.29) is 5.54 Å². The summed E-state index contributed by atoms with van der Waals surface area (Å²) in [7, 11) is 2.10. The van der Waals surface area contributed by atoms with Gasteiger partial charge in [-0.3, -0.25) is 0 Å². The van der Waals surface area contributed by atoms with Gasteiger partial charge in [0.2, 0.25) is 0 Å². The van der Waals surface area contributed by atoms with Gasteiger partial charge in [-0.2, -0.15) is 0 Å². The molecular weight excluding hydrogens is 184 g/mol. The largest absolute Gasteiger partial charge is 0.326 e. The SMILES string of the molecule is CNC(CCC(C)(C)N)C1CCCCC1. The minimum absolute atomic E-state index is 0.0102. The van der Waals surface area contributed by atoms with Crippen molar-refractivity contribution in [3.8, 4) is 0 Å². The first-order valence-corrected chi connectivity index (χ1v) is 6.49. The molecule has 0 spiro atoms.